The van der Waals surface area contributed by atoms with E-state index in [0.29, 0.717) is 11.4 Å². The number of carbonyl (C=O) groups excluding carboxylic acids is 2. The Kier molecular flexibility index (Phi) is 2.33. The number of para-hydroxylation sites is 1. The van der Waals surface area contributed by atoms with Crippen molar-refractivity contribution in [3.05, 3.63) is 35.5 Å². The van der Waals surface area contributed by atoms with E-state index in [1.165, 1.54) is 6.92 Å². The molecular formula is C13H11NO2S. The van der Waals surface area contributed by atoms with Crippen LogP contribution in [0.4, 0.5) is 0 Å². The highest BCUT2D eigenvalue weighted by molar-refractivity contribution is 7.99. The van der Waals surface area contributed by atoms with Crippen LogP contribution in [0.1, 0.15) is 27.8 Å². The number of rotatable bonds is 0. The van der Waals surface area contributed by atoms with Gasteiger partial charge < -0.3 is 0 Å². The minimum Gasteiger partial charge on any atom is -0.292 e. The van der Waals surface area contributed by atoms with Crippen LogP contribution in [0, 0.1) is 0 Å². The van der Waals surface area contributed by atoms with Crippen LogP contribution in [0.25, 0.3) is 10.9 Å². The van der Waals surface area contributed by atoms with Crippen molar-refractivity contribution in [2.24, 2.45) is 0 Å². The van der Waals surface area contributed by atoms with Crippen LogP contribution in [0.5, 0.6) is 0 Å². The third-order valence-electron chi connectivity index (χ3n) is 3.04. The van der Waals surface area contributed by atoms with E-state index in [-0.39, 0.29) is 11.7 Å². The van der Waals surface area contributed by atoms with Crippen molar-refractivity contribution < 1.29 is 9.59 Å². The molecule has 1 aromatic carbocycles. The maximum Gasteiger partial charge on any atom is 0.228 e. The summed E-state index contributed by atoms with van der Waals surface area (Å²) in [6.07, 6.45) is 0. The summed E-state index contributed by atoms with van der Waals surface area (Å²) < 4.78 is 1.56. The maximum absolute atomic E-state index is 12.0. The highest BCUT2D eigenvalue weighted by Crippen LogP contribution is 2.33. The van der Waals surface area contributed by atoms with Gasteiger partial charge in [0.15, 0.2) is 5.78 Å². The second-order valence-corrected chi connectivity index (χ2v) is 5.10. The lowest BCUT2D eigenvalue weighted by Crippen LogP contribution is -2.19. The molecule has 0 bridgehead atoms. The highest BCUT2D eigenvalue weighted by Gasteiger charge is 2.27. The first-order chi connectivity index (χ1) is 8.20. The van der Waals surface area contributed by atoms with Gasteiger partial charge in [-0.15, -0.1) is 11.8 Å². The number of fused-ring (bicyclic) bond motifs is 3. The molecule has 0 fully saturated rings. The van der Waals surface area contributed by atoms with Gasteiger partial charge in [0.25, 0.3) is 0 Å². The SMILES string of the molecule is CC(=O)n1c2c(c3ccccc31)CSCC2=O. The molecule has 2 aromatic rings. The zero-order valence-electron chi connectivity index (χ0n) is 9.40. The topological polar surface area (TPSA) is 39.1 Å². The molecule has 0 unspecified atom stereocenters. The molecule has 86 valence electrons. The number of Topliss-reactive ketones (excluding diaryl/α,β-unsaturated/α-hetero) is 1. The molecule has 0 N–H and O–H groups in total. The lowest BCUT2D eigenvalue weighted by Gasteiger charge is -2.12. The van der Waals surface area contributed by atoms with E-state index < -0.39 is 0 Å². The fourth-order valence-electron chi connectivity index (χ4n) is 2.39. The summed E-state index contributed by atoms with van der Waals surface area (Å²) in [7, 11) is 0. The summed E-state index contributed by atoms with van der Waals surface area (Å²) in [4.78, 5) is 23.7. The molecule has 4 heteroatoms. The molecule has 0 saturated carbocycles. The number of hydrogen-bond donors (Lipinski definition) is 0. The van der Waals surface area contributed by atoms with Gasteiger partial charge in [-0.2, -0.15) is 0 Å². The molecule has 0 amide bonds. The van der Waals surface area contributed by atoms with Crippen LogP contribution in [-0.4, -0.2) is 22.0 Å². The van der Waals surface area contributed by atoms with Gasteiger partial charge in [-0.3, -0.25) is 14.2 Å². The normalized spacial score (nSPS) is 15.0. The second-order valence-electron chi connectivity index (χ2n) is 4.11. The Morgan fingerprint density at radius 2 is 2.06 bits per heavy atom. The number of hydrogen-bond acceptors (Lipinski definition) is 3. The fraction of sp³-hybridized carbons (Fsp3) is 0.231. The Balaban J connectivity index is 2.47. The number of benzene rings is 1. The van der Waals surface area contributed by atoms with Gasteiger partial charge in [0.1, 0.15) is 0 Å². The molecule has 1 aliphatic rings. The first kappa shape index (κ1) is 10.6. The van der Waals surface area contributed by atoms with Gasteiger partial charge >= 0.3 is 0 Å². The summed E-state index contributed by atoms with van der Waals surface area (Å²) in [5.41, 5.74) is 2.45. The Morgan fingerprint density at radius 3 is 2.82 bits per heavy atom. The number of ketones is 1. The Hall–Kier alpha value is -1.55. The average molecular weight is 245 g/mol. The highest BCUT2D eigenvalue weighted by atomic mass is 32.2. The zero-order chi connectivity index (χ0) is 12.0. The maximum atomic E-state index is 12.0. The van der Waals surface area contributed by atoms with Crippen molar-refractivity contribution >= 4 is 34.4 Å². The number of aromatic nitrogens is 1. The van der Waals surface area contributed by atoms with Crippen molar-refractivity contribution in [2.75, 3.05) is 5.75 Å². The Morgan fingerprint density at radius 1 is 1.29 bits per heavy atom. The van der Waals surface area contributed by atoms with E-state index in [9.17, 15) is 9.59 Å². The quantitative estimate of drug-likeness (QED) is 0.716. The lowest BCUT2D eigenvalue weighted by molar-refractivity contribution is 0.0914. The van der Waals surface area contributed by atoms with E-state index >= 15 is 0 Å². The van der Waals surface area contributed by atoms with Crippen molar-refractivity contribution in [2.45, 2.75) is 12.7 Å². The summed E-state index contributed by atoms with van der Waals surface area (Å²) in [5, 5.41) is 1.03. The third-order valence-corrected chi connectivity index (χ3v) is 4.00. The number of nitrogens with zero attached hydrogens (tertiary/aromatic N) is 1. The predicted octanol–water partition coefficient (Wildman–Crippen LogP) is 2.73. The van der Waals surface area contributed by atoms with E-state index in [2.05, 4.69) is 0 Å². The van der Waals surface area contributed by atoms with E-state index in [0.717, 1.165) is 22.2 Å². The van der Waals surface area contributed by atoms with E-state index in [4.69, 9.17) is 0 Å². The smallest absolute Gasteiger partial charge is 0.228 e. The van der Waals surface area contributed by atoms with E-state index in [1.807, 2.05) is 24.3 Å². The molecule has 0 aliphatic carbocycles. The minimum absolute atomic E-state index is 0.0580. The monoisotopic (exact) mass is 245 g/mol. The molecule has 3 rings (SSSR count). The zero-order valence-corrected chi connectivity index (χ0v) is 10.2. The van der Waals surface area contributed by atoms with Gasteiger partial charge in [0.05, 0.1) is 17.0 Å². The van der Waals surface area contributed by atoms with Gasteiger partial charge in [-0.05, 0) is 11.6 Å². The van der Waals surface area contributed by atoms with Gasteiger partial charge in [0.2, 0.25) is 5.91 Å². The van der Waals surface area contributed by atoms with Crippen LogP contribution >= 0.6 is 11.8 Å². The first-order valence-corrected chi connectivity index (χ1v) is 6.60. The van der Waals surface area contributed by atoms with Gasteiger partial charge in [0, 0.05) is 18.1 Å². The number of thioether (sulfide) groups is 1. The van der Waals surface area contributed by atoms with Crippen LogP contribution in [0.3, 0.4) is 0 Å². The molecule has 1 aromatic heterocycles. The lowest BCUT2D eigenvalue weighted by atomic mass is 10.1. The van der Waals surface area contributed by atoms with Crippen LogP contribution < -0.4 is 0 Å². The van der Waals surface area contributed by atoms with Gasteiger partial charge in [-0.25, -0.2) is 0 Å². The molecule has 17 heavy (non-hydrogen) atoms. The summed E-state index contributed by atoms with van der Waals surface area (Å²) >= 11 is 1.61. The Labute approximate surface area is 103 Å². The van der Waals surface area contributed by atoms with Crippen molar-refractivity contribution in [1.82, 2.24) is 4.57 Å². The Bertz CT molecular complexity index is 642. The first-order valence-electron chi connectivity index (χ1n) is 5.44. The molecule has 2 heterocycles. The second kappa shape index (κ2) is 3.74. The molecule has 0 spiro atoms. The van der Waals surface area contributed by atoms with E-state index in [1.54, 1.807) is 16.3 Å². The van der Waals surface area contributed by atoms with Crippen molar-refractivity contribution in [3.63, 3.8) is 0 Å². The summed E-state index contributed by atoms with van der Waals surface area (Å²) in [5.74, 6) is 1.24. The molecule has 0 atom stereocenters. The molecule has 3 nitrogen and oxygen atoms in total. The van der Waals surface area contributed by atoms with Crippen LogP contribution in [-0.2, 0) is 5.75 Å². The predicted molar refractivity (Wildman–Crippen MR) is 68.7 cm³/mol. The summed E-state index contributed by atoms with van der Waals surface area (Å²) in [6.45, 7) is 1.50. The third kappa shape index (κ3) is 1.44. The number of carbonyl (C=O) groups is 2. The van der Waals surface area contributed by atoms with Gasteiger partial charge in [-0.1, -0.05) is 18.2 Å². The minimum atomic E-state index is -0.0947. The largest absolute Gasteiger partial charge is 0.292 e. The average Bonchev–Trinajstić information content (AvgIpc) is 2.65. The van der Waals surface area contributed by atoms with Crippen LogP contribution in [0.2, 0.25) is 0 Å². The van der Waals surface area contributed by atoms with Crippen molar-refractivity contribution in [1.29, 1.82) is 0 Å². The van der Waals surface area contributed by atoms with Crippen LogP contribution in [0.15, 0.2) is 24.3 Å². The fourth-order valence-corrected chi connectivity index (χ4v) is 3.31. The molecular weight excluding hydrogens is 234 g/mol. The molecule has 1 aliphatic heterocycles. The summed E-state index contributed by atoms with van der Waals surface area (Å²) in [6, 6.07) is 7.71. The standard InChI is InChI=1S/C13H11NO2S/c1-8(15)14-11-5-3-2-4-9(11)10-6-17-7-12(16)13(10)14/h2-5H,6-7H2,1H3. The molecule has 0 radical (unpaired) electrons. The van der Waals surface area contributed by atoms with Crippen molar-refractivity contribution in [3.8, 4) is 0 Å². The molecule has 0 saturated heterocycles.